The maximum atomic E-state index is 8.78. The van der Waals surface area contributed by atoms with E-state index in [0.29, 0.717) is 11.8 Å². The van der Waals surface area contributed by atoms with Crippen molar-refractivity contribution in [2.45, 2.75) is 33.6 Å². The third kappa shape index (κ3) is 1.87. The van der Waals surface area contributed by atoms with E-state index in [9.17, 15) is 0 Å². The Bertz CT molecular complexity index is 216. The van der Waals surface area contributed by atoms with Crippen LogP contribution in [0, 0.1) is 11.8 Å². The lowest BCUT2D eigenvalue weighted by atomic mass is 9.84. The van der Waals surface area contributed by atoms with Gasteiger partial charge in [0.1, 0.15) is 0 Å². The van der Waals surface area contributed by atoms with E-state index in [-0.39, 0.29) is 0 Å². The van der Waals surface area contributed by atoms with Crippen molar-refractivity contribution in [3.05, 3.63) is 11.6 Å². The molecule has 2 heteroatoms. The molecule has 68 valence electrons. The van der Waals surface area contributed by atoms with Crippen LogP contribution in [-0.4, -0.2) is 10.9 Å². The fourth-order valence-electron chi connectivity index (χ4n) is 1.64. The van der Waals surface area contributed by atoms with E-state index in [2.05, 4.69) is 32.0 Å². The normalized spacial score (nSPS) is 27.8. The molecule has 0 aromatic rings. The molecule has 0 heterocycles. The first-order valence-corrected chi connectivity index (χ1v) is 4.56. The van der Waals surface area contributed by atoms with Crippen LogP contribution in [0.3, 0.4) is 0 Å². The summed E-state index contributed by atoms with van der Waals surface area (Å²) in [4.78, 5) is 0. The highest BCUT2D eigenvalue weighted by molar-refractivity contribution is 6.00. The maximum absolute atomic E-state index is 8.78. The van der Waals surface area contributed by atoms with Gasteiger partial charge in [0, 0.05) is 0 Å². The Balaban J connectivity index is 2.84. The quantitative estimate of drug-likeness (QED) is 0.472. The Morgan fingerprint density at radius 3 is 2.75 bits per heavy atom. The second kappa shape index (κ2) is 3.74. The minimum absolute atomic E-state index is 0.475. The Kier molecular flexibility index (Phi) is 2.90. The van der Waals surface area contributed by atoms with Crippen LogP contribution in [0.25, 0.3) is 0 Å². The zero-order valence-electron chi connectivity index (χ0n) is 8.04. The first-order valence-electron chi connectivity index (χ1n) is 4.56. The molecule has 1 atom stereocenters. The average molecular weight is 167 g/mol. The van der Waals surface area contributed by atoms with Crippen LogP contribution in [0.1, 0.15) is 33.6 Å². The molecule has 2 nitrogen and oxygen atoms in total. The molecule has 0 aromatic carbocycles. The van der Waals surface area contributed by atoms with Crippen molar-refractivity contribution >= 4 is 5.71 Å². The molecule has 1 rings (SSSR count). The van der Waals surface area contributed by atoms with E-state index >= 15 is 0 Å². The molecule has 0 aromatic heterocycles. The van der Waals surface area contributed by atoms with E-state index in [4.69, 9.17) is 5.21 Å². The molecule has 1 aliphatic rings. The molecule has 12 heavy (non-hydrogen) atoms. The van der Waals surface area contributed by atoms with Crippen LogP contribution in [0.15, 0.2) is 16.8 Å². The number of rotatable bonds is 1. The Hall–Kier alpha value is -0.790. The summed E-state index contributed by atoms with van der Waals surface area (Å²) in [6.07, 6.45) is 4.24. The molecule has 0 saturated carbocycles. The molecule has 1 N–H and O–H groups in total. The summed E-state index contributed by atoms with van der Waals surface area (Å²) in [5, 5.41) is 12.1. The number of allylic oxidation sites excluding steroid dienone is 2. The predicted octanol–water partition coefficient (Wildman–Crippen LogP) is 2.83. The topological polar surface area (TPSA) is 32.6 Å². The lowest BCUT2D eigenvalue weighted by molar-refractivity contribution is 0.315. The largest absolute Gasteiger partial charge is 0.411 e. The zero-order chi connectivity index (χ0) is 9.14. The molecule has 0 spiro atoms. The third-order valence-electron chi connectivity index (χ3n) is 2.36. The lowest BCUT2D eigenvalue weighted by Crippen LogP contribution is -2.17. The molecular formula is C10H17NO. The van der Waals surface area contributed by atoms with Gasteiger partial charge in [0.2, 0.25) is 0 Å². The average Bonchev–Trinajstić information content (AvgIpc) is 2.03. The van der Waals surface area contributed by atoms with Crippen LogP contribution in [-0.2, 0) is 0 Å². The van der Waals surface area contributed by atoms with Crippen molar-refractivity contribution in [1.82, 2.24) is 0 Å². The maximum Gasteiger partial charge on any atom is 0.0829 e. The van der Waals surface area contributed by atoms with E-state index in [1.54, 1.807) is 0 Å². The molecular weight excluding hydrogens is 150 g/mol. The molecule has 1 aliphatic carbocycles. The smallest absolute Gasteiger partial charge is 0.0829 e. The van der Waals surface area contributed by atoms with Crippen molar-refractivity contribution < 1.29 is 5.21 Å². The first kappa shape index (κ1) is 9.30. The predicted molar refractivity (Wildman–Crippen MR) is 50.5 cm³/mol. The van der Waals surface area contributed by atoms with Crippen LogP contribution >= 0.6 is 0 Å². The van der Waals surface area contributed by atoms with E-state index in [1.165, 1.54) is 5.57 Å². The number of hydrogen-bond donors (Lipinski definition) is 1. The summed E-state index contributed by atoms with van der Waals surface area (Å²) >= 11 is 0. The molecule has 0 bridgehead atoms. The van der Waals surface area contributed by atoms with Gasteiger partial charge in [-0.15, -0.1) is 0 Å². The highest BCUT2D eigenvalue weighted by atomic mass is 16.4. The summed E-state index contributed by atoms with van der Waals surface area (Å²) in [6.45, 7) is 6.44. The second-order valence-electron chi connectivity index (χ2n) is 3.91. The number of nitrogens with zero attached hydrogens (tertiary/aromatic N) is 1. The molecule has 0 aliphatic heterocycles. The molecule has 0 saturated heterocycles. The Morgan fingerprint density at radius 1 is 1.58 bits per heavy atom. The summed E-state index contributed by atoms with van der Waals surface area (Å²) in [5.74, 6) is 1.10. The minimum Gasteiger partial charge on any atom is -0.411 e. The monoisotopic (exact) mass is 167 g/mol. The van der Waals surface area contributed by atoms with Crippen molar-refractivity contribution in [2.75, 3.05) is 0 Å². The van der Waals surface area contributed by atoms with Crippen LogP contribution < -0.4 is 0 Å². The minimum atomic E-state index is 0.475. The molecule has 0 unspecified atom stereocenters. The van der Waals surface area contributed by atoms with Gasteiger partial charge >= 0.3 is 0 Å². The van der Waals surface area contributed by atoms with E-state index in [0.717, 1.165) is 18.6 Å². The summed E-state index contributed by atoms with van der Waals surface area (Å²) < 4.78 is 0. The fraction of sp³-hybridized carbons (Fsp3) is 0.700. The number of oxime groups is 1. The first-order chi connectivity index (χ1) is 5.65. The van der Waals surface area contributed by atoms with Gasteiger partial charge in [0.05, 0.1) is 5.71 Å². The molecule has 0 radical (unpaired) electrons. The van der Waals surface area contributed by atoms with Gasteiger partial charge < -0.3 is 5.21 Å². The highest BCUT2D eigenvalue weighted by Gasteiger charge is 2.19. The second-order valence-corrected chi connectivity index (χ2v) is 3.91. The van der Waals surface area contributed by atoms with Gasteiger partial charge in [-0.25, -0.2) is 0 Å². The molecule has 0 amide bonds. The van der Waals surface area contributed by atoms with Crippen molar-refractivity contribution in [3.8, 4) is 0 Å². The lowest BCUT2D eigenvalue weighted by Gasteiger charge is -2.21. The van der Waals surface area contributed by atoms with Gasteiger partial charge in [-0.1, -0.05) is 32.0 Å². The van der Waals surface area contributed by atoms with Gasteiger partial charge in [0.15, 0.2) is 0 Å². The van der Waals surface area contributed by atoms with Crippen LogP contribution in [0.4, 0.5) is 0 Å². The van der Waals surface area contributed by atoms with Gasteiger partial charge in [-0.05, 0) is 30.3 Å². The molecule has 0 fully saturated rings. The third-order valence-corrected chi connectivity index (χ3v) is 2.36. The van der Waals surface area contributed by atoms with E-state index in [1.807, 2.05) is 0 Å². The van der Waals surface area contributed by atoms with E-state index < -0.39 is 0 Å². The summed E-state index contributed by atoms with van der Waals surface area (Å²) in [6, 6.07) is 0. The van der Waals surface area contributed by atoms with Crippen LogP contribution in [0.5, 0.6) is 0 Å². The van der Waals surface area contributed by atoms with Crippen molar-refractivity contribution in [1.29, 1.82) is 0 Å². The van der Waals surface area contributed by atoms with Gasteiger partial charge in [0.25, 0.3) is 0 Å². The SMILES string of the molecule is CC(C)C1=CC[C@@H](C)CC1=NO. The van der Waals surface area contributed by atoms with Gasteiger partial charge in [-0.3, -0.25) is 0 Å². The Morgan fingerprint density at radius 2 is 2.25 bits per heavy atom. The van der Waals surface area contributed by atoms with Gasteiger partial charge in [-0.2, -0.15) is 0 Å². The Labute approximate surface area is 74.0 Å². The summed E-state index contributed by atoms with van der Waals surface area (Å²) in [5.41, 5.74) is 2.10. The number of hydrogen-bond acceptors (Lipinski definition) is 2. The summed E-state index contributed by atoms with van der Waals surface area (Å²) in [7, 11) is 0. The highest BCUT2D eigenvalue weighted by Crippen LogP contribution is 2.25. The standard InChI is InChI=1S/C10H17NO/c1-7(2)9-5-4-8(3)6-10(9)11-12/h5,7-8,12H,4,6H2,1-3H3/t8-/m1/s1. The van der Waals surface area contributed by atoms with Crippen LogP contribution in [0.2, 0.25) is 0 Å². The zero-order valence-corrected chi connectivity index (χ0v) is 8.04. The van der Waals surface area contributed by atoms with Crippen molar-refractivity contribution in [2.24, 2.45) is 17.0 Å². The fourth-order valence-corrected chi connectivity index (χ4v) is 1.64. The van der Waals surface area contributed by atoms with Crippen molar-refractivity contribution in [3.63, 3.8) is 0 Å².